The smallest absolute Gasteiger partial charge is 0.422 e. The molecule has 0 aliphatic rings. The summed E-state index contributed by atoms with van der Waals surface area (Å²) in [6.45, 7) is -1.28. The zero-order chi connectivity index (χ0) is 19.3. The van der Waals surface area contributed by atoms with Crippen LogP contribution in [0.15, 0.2) is 47.5 Å². The number of benzene rings is 2. The van der Waals surface area contributed by atoms with Crippen molar-refractivity contribution in [1.82, 2.24) is 4.98 Å². The highest BCUT2D eigenvalue weighted by Crippen LogP contribution is 2.26. The highest BCUT2D eigenvalue weighted by molar-refractivity contribution is 7.80. The van der Waals surface area contributed by atoms with Gasteiger partial charge in [0.25, 0.3) is 0 Å². The molecule has 0 aliphatic heterocycles. The Morgan fingerprint density at radius 2 is 1.92 bits per heavy atom. The van der Waals surface area contributed by atoms with Crippen molar-refractivity contribution in [3.63, 3.8) is 0 Å². The van der Waals surface area contributed by atoms with Crippen LogP contribution in [0.1, 0.15) is 5.56 Å². The minimum Gasteiger partial charge on any atom is -0.484 e. The first-order valence-corrected chi connectivity index (χ1v) is 7.59. The second-order valence-electron chi connectivity index (χ2n) is 5.13. The summed E-state index contributed by atoms with van der Waals surface area (Å²) in [7, 11) is 0. The first-order chi connectivity index (χ1) is 12.2. The number of hydrogen-bond acceptors (Lipinski definition) is 4. The molecule has 0 saturated carbocycles. The van der Waals surface area contributed by atoms with E-state index in [9.17, 15) is 17.6 Å². The molecule has 3 N–H and O–H groups in total. The van der Waals surface area contributed by atoms with Crippen molar-refractivity contribution in [2.24, 2.45) is 0 Å². The van der Waals surface area contributed by atoms with Crippen LogP contribution in [0.25, 0.3) is 10.9 Å². The van der Waals surface area contributed by atoms with E-state index in [1.165, 1.54) is 24.3 Å². The Hall–Kier alpha value is -2.86. The van der Waals surface area contributed by atoms with Gasteiger partial charge < -0.3 is 15.5 Å². The van der Waals surface area contributed by atoms with E-state index in [0.29, 0.717) is 5.52 Å². The molecule has 0 unspecified atom stereocenters. The summed E-state index contributed by atoms with van der Waals surface area (Å²) >= 11 is 4.18. The number of alkyl halides is 3. The zero-order valence-electron chi connectivity index (χ0n) is 13.1. The fraction of sp³-hybridized carbons (Fsp3) is 0.118. The number of thiol groups is 1. The van der Waals surface area contributed by atoms with E-state index >= 15 is 0 Å². The Morgan fingerprint density at radius 3 is 2.54 bits per heavy atom. The number of nitrogens with two attached hydrogens (primary N) is 1. The number of halogens is 4. The van der Waals surface area contributed by atoms with Gasteiger partial charge in [0.15, 0.2) is 6.61 Å². The van der Waals surface area contributed by atoms with Gasteiger partial charge in [0.05, 0.1) is 22.8 Å². The van der Waals surface area contributed by atoms with Crippen LogP contribution in [0.4, 0.5) is 23.2 Å². The Balaban J connectivity index is 0.000000209. The van der Waals surface area contributed by atoms with Gasteiger partial charge in [0.2, 0.25) is 0 Å². The van der Waals surface area contributed by atoms with Crippen LogP contribution < -0.4 is 10.5 Å². The van der Waals surface area contributed by atoms with Gasteiger partial charge in [-0.1, -0.05) is 0 Å². The topological polar surface area (TPSA) is 74.8 Å². The van der Waals surface area contributed by atoms with E-state index in [2.05, 4.69) is 22.3 Å². The Bertz CT molecular complexity index is 947. The average Bonchev–Trinajstić information content (AvgIpc) is 2.96. The first kappa shape index (κ1) is 19.5. The number of aromatic nitrogens is 1. The second-order valence-corrected chi connectivity index (χ2v) is 5.62. The SMILES string of the molecule is FC(F)(F)COc1ccc2c(S)c[nH]c2c1.N#Cc1ccc(N)c(F)c1. The van der Waals surface area contributed by atoms with Crippen molar-refractivity contribution in [2.45, 2.75) is 11.1 Å². The number of ether oxygens (including phenoxy) is 1. The molecule has 3 rings (SSSR count). The van der Waals surface area contributed by atoms with Crippen molar-refractivity contribution in [3.05, 3.63) is 54.0 Å². The Kier molecular flexibility index (Phi) is 6.00. The minimum atomic E-state index is -4.32. The first-order valence-electron chi connectivity index (χ1n) is 7.14. The summed E-state index contributed by atoms with van der Waals surface area (Å²) < 4.78 is 52.9. The van der Waals surface area contributed by atoms with Crippen LogP contribution in [0.3, 0.4) is 0 Å². The molecule has 0 fully saturated rings. The number of nitrogen functional groups attached to an aromatic ring is 1. The molecular weight excluding hydrogens is 370 g/mol. The quantitative estimate of drug-likeness (QED) is 0.342. The normalized spacial score (nSPS) is 10.8. The second kappa shape index (κ2) is 8.01. The predicted molar refractivity (Wildman–Crippen MR) is 92.6 cm³/mol. The molecule has 0 radical (unpaired) electrons. The third-order valence-electron chi connectivity index (χ3n) is 3.16. The molecule has 0 saturated heterocycles. The molecule has 9 heteroatoms. The van der Waals surface area contributed by atoms with E-state index in [1.54, 1.807) is 18.3 Å². The molecule has 0 bridgehead atoms. The predicted octanol–water partition coefficient (Wildman–Crippen LogP) is 4.68. The van der Waals surface area contributed by atoms with Crippen LogP contribution in [0.2, 0.25) is 0 Å². The molecule has 1 heterocycles. The maximum atomic E-state index is 12.5. The van der Waals surface area contributed by atoms with Gasteiger partial charge in [-0.2, -0.15) is 18.4 Å². The summed E-state index contributed by atoms with van der Waals surface area (Å²) in [6, 6.07) is 10.4. The number of aromatic amines is 1. The van der Waals surface area contributed by atoms with Crippen molar-refractivity contribution in [1.29, 1.82) is 5.26 Å². The number of H-pyrrole nitrogens is 1. The highest BCUT2D eigenvalue weighted by Gasteiger charge is 2.28. The summed E-state index contributed by atoms with van der Waals surface area (Å²) in [6.07, 6.45) is -2.65. The van der Waals surface area contributed by atoms with Crippen LogP contribution in [-0.4, -0.2) is 17.8 Å². The lowest BCUT2D eigenvalue weighted by Crippen LogP contribution is -2.19. The molecule has 0 atom stereocenters. The number of nitrogens with one attached hydrogen (secondary N) is 1. The molecule has 4 nitrogen and oxygen atoms in total. The van der Waals surface area contributed by atoms with Crippen LogP contribution in [0, 0.1) is 17.1 Å². The third kappa shape index (κ3) is 5.32. The minimum absolute atomic E-state index is 0.0685. The molecule has 0 amide bonds. The van der Waals surface area contributed by atoms with E-state index in [1.807, 2.05) is 0 Å². The lowest BCUT2D eigenvalue weighted by atomic mass is 10.2. The largest absolute Gasteiger partial charge is 0.484 e. The average molecular weight is 383 g/mol. The molecule has 0 spiro atoms. The number of fused-ring (bicyclic) bond motifs is 1. The fourth-order valence-corrected chi connectivity index (χ4v) is 2.20. The fourth-order valence-electron chi connectivity index (χ4n) is 1.94. The van der Waals surface area contributed by atoms with Gasteiger partial charge in [-0.3, -0.25) is 0 Å². The van der Waals surface area contributed by atoms with Gasteiger partial charge in [0.1, 0.15) is 11.6 Å². The molecule has 0 aliphatic carbocycles. The van der Waals surface area contributed by atoms with Crippen LogP contribution in [-0.2, 0) is 0 Å². The summed E-state index contributed by atoms with van der Waals surface area (Å²) in [5.74, 6) is -0.362. The number of nitrogens with zero attached hydrogens (tertiary/aromatic N) is 1. The van der Waals surface area contributed by atoms with Crippen LogP contribution in [0.5, 0.6) is 5.75 Å². The van der Waals surface area contributed by atoms with Gasteiger partial charge in [-0.25, -0.2) is 4.39 Å². The Morgan fingerprint density at radius 1 is 1.19 bits per heavy atom. The molecular formula is C17H13F4N3OS. The van der Waals surface area contributed by atoms with E-state index in [4.69, 9.17) is 11.0 Å². The summed E-state index contributed by atoms with van der Waals surface area (Å²) in [5.41, 5.74) is 6.21. The standard InChI is InChI=1S/C10H8F3NOS.C7H5FN2/c11-10(12,13)5-15-6-1-2-7-8(3-6)14-4-9(7)16;8-6-3-5(4-9)1-2-7(6)10/h1-4,14,16H,5H2;1-3H,10H2. The van der Waals surface area contributed by atoms with Crippen molar-refractivity contribution < 1.29 is 22.3 Å². The van der Waals surface area contributed by atoms with Gasteiger partial charge in [0, 0.05) is 22.5 Å². The van der Waals surface area contributed by atoms with E-state index in [0.717, 1.165) is 16.3 Å². The monoisotopic (exact) mass is 383 g/mol. The zero-order valence-corrected chi connectivity index (χ0v) is 14.0. The number of rotatable bonds is 2. The molecule has 26 heavy (non-hydrogen) atoms. The molecule has 1 aromatic heterocycles. The number of nitriles is 1. The summed E-state index contributed by atoms with van der Waals surface area (Å²) in [4.78, 5) is 3.64. The number of hydrogen-bond donors (Lipinski definition) is 3. The van der Waals surface area contributed by atoms with E-state index < -0.39 is 18.6 Å². The highest BCUT2D eigenvalue weighted by atomic mass is 32.1. The molecule has 2 aromatic carbocycles. The lowest BCUT2D eigenvalue weighted by molar-refractivity contribution is -0.153. The van der Waals surface area contributed by atoms with Crippen molar-refractivity contribution in [2.75, 3.05) is 12.3 Å². The number of anilines is 1. The maximum absolute atomic E-state index is 12.5. The lowest BCUT2D eigenvalue weighted by Gasteiger charge is -2.08. The summed E-state index contributed by atoms with van der Waals surface area (Å²) in [5, 5.41) is 9.15. The van der Waals surface area contributed by atoms with Crippen molar-refractivity contribution in [3.8, 4) is 11.8 Å². The Labute approximate surface area is 151 Å². The van der Waals surface area contributed by atoms with E-state index in [-0.39, 0.29) is 17.0 Å². The maximum Gasteiger partial charge on any atom is 0.422 e. The van der Waals surface area contributed by atoms with Gasteiger partial charge in [-0.05, 0) is 30.3 Å². The van der Waals surface area contributed by atoms with Crippen LogP contribution >= 0.6 is 12.6 Å². The third-order valence-corrected chi connectivity index (χ3v) is 3.53. The van der Waals surface area contributed by atoms with Crippen molar-refractivity contribution >= 4 is 29.2 Å². The molecule has 3 aromatic rings. The molecule has 136 valence electrons. The van der Waals surface area contributed by atoms with Gasteiger partial charge in [-0.15, -0.1) is 12.6 Å². The van der Waals surface area contributed by atoms with Gasteiger partial charge >= 0.3 is 6.18 Å².